The molecule has 0 aliphatic carbocycles. The summed E-state index contributed by atoms with van der Waals surface area (Å²) in [6.45, 7) is 4.87. The number of hydrogen-bond acceptors (Lipinski definition) is 3. The first-order chi connectivity index (χ1) is 8.24. The molecule has 0 bridgehead atoms. The minimum absolute atomic E-state index is 0.0453. The van der Waals surface area contributed by atoms with Crippen molar-refractivity contribution in [3.63, 3.8) is 0 Å². The molecular formula is C13H17BrO4. The maximum absolute atomic E-state index is 11.0. The molecule has 0 aromatic heterocycles. The van der Waals surface area contributed by atoms with E-state index in [2.05, 4.69) is 15.9 Å². The van der Waals surface area contributed by atoms with Gasteiger partial charge in [0.25, 0.3) is 0 Å². The standard InChI is InChI=1S/C13H17BrO4/c1-8(15)10-6-9(14)4-5-11(10)18-7-13(2,3)12(16)17/h4-6,8,15H,7H2,1-3H3,(H,16,17)/t8-/m0/s1. The number of rotatable bonds is 5. The Morgan fingerprint density at radius 3 is 2.61 bits per heavy atom. The van der Waals surface area contributed by atoms with E-state index in [0.29, 0.717) is 11.3 Å². The van der Waals surface area contributed by atoms with Crippen molar-refractivity contribution in [1.29, 1.82) is 0 Å². The van der Waals surface area contributed by atoms with Crippen LogP contribution in [0.5, 0.6) is 5.75 Å². The molecule has 5 heteroatoms. The maximum Gasteiger partial charge on any atom is 0.312 e. The first kappa shape index (κ1) is 15.0. The fourth-order valence-corrected chi connectivity index (χ4v) is 1.68. The molecule has 0 amide bonds. The molecule has 0 heterocycles. The summed E-state index contributed by atoms with van der Waals surface area (Å²) in [7, 11) is 0. The highest BCUT2D eigenvalue weighted by molar-refractivity contribution is 9.10. The van der Waals surface area contributed by atoms with Crippen LogP contribution in [0.25, 0.3) is 0 Å². The Kier molecular flexibility index (Phi) is 4.76. The van der Waals surface area contributed by atoms with Gasteiger partial charge in [0, 0.05) is 10.0 Å². The van der Waals surface area contributed by atoms with Crippen molar-refractivity contribution >= 4 is 21.9 Å². The molecule has 0 radical (unpaired) electrons. The van der Waals surface area contributed by atoms with Gasteiger partial charge in [0.05, 0.1) is 11.5 Å². The first-order valence-electron chi connectivity index (χ1n) is 5.58. The number of carbonyl (C=O) groups is 1. The number of aliphatic hydroxyl groups is 1. The molecule has 18 heavy (non-hydrogen) atoms. The van der Waals surface area contributed by atoms with Crippen molar-refractivity contribution in [3.05, 3.63) is 28.2 Å². The molecule has 0 saturated carbocycles. The fourth-order valence-electron chi connectivity index (χ4n) is 1.30. The van der Waals surface area contributed by atoms with Crippen molar-refractivity contribution in [2.75, 3.05) is 6.61 Å². The summed E-state index contributed by atoms with van der Waals surface area (Å²) in [4.78, 5) is 11.0. The van der Waals surface area contributed by atoms with Gasteiger partial charge in [0.15, 0.2) is 0 Å². The summed E-state index contributed by atoms with van der Waals surface area (Å²) in [5, 5.41) is 18.7. The normalized spacial score (nSPS) is 13.2. The highest BCUT2D eigenvalue weighted by Gasteiger charge is 2.28. The summed E-state index contributed by atoms with van der Waals surface area (Å²) < 4.78 is 6.35. The van der Waals surface area contributed by atoms with E-state index in [1.54, 1.807) is 39.0 Å². The van der Waals surface area contributed by atoms with Crippen LogP contribution in [0, 0.1) is 5.41 Å². The molecule has 4 nitrogen and oxygen atoms in total. The number of aliphatic hydroxyl groups excluding tert-OH is 1. The van der Waals surface area contributed by atoms with Gasteiger partial charge in [0.2, 0.25) is 0 Å². The topological polar surface area (TPSA) is 66.8 Å². The Morgan fingerprint density at radius 2 is 2.11 bits per heavy atom. The predicted molar refractivity (Wildman–Crippen MR) is 71.7 cm³/mol. The second kappa shape index (κ2) is 5.71. The number of benzene rings is 1. The number of halogens is 1. The van der Waals surface area contributed by atoms with Crippen molar-refractivity contribution in [1.82, 2.24) is 0 Å². The zero-order chi connectivity index (χ0) is 13.9. The molecule has 0 spiro atoms. The molecule has 0 fully saturated rings. The summed E-state index contributed by atoms with van der Waals surface area (Å²) in [6.07, 6.45) is -0.676. The van der Waals surface area contributed by atoms with Gasteiger partial charge >= 0.3 is 5.97 Å². The van der Waals surface area contributed by atoms with E-state index in [9.17, 15) is 9.90 Å². The summed E-state index contributed by atoms with van der Waals surface area (Å²) in [5.74, 6) is -0.416. The molecule has 0 saturated heterocycles. The minimum Gasteiger partial charge on any atom is -0.492 e. The van der Waals surface area contributed by atoms with Crippen LogP contribution in [0.15, 0.2) is 22.7 Å². The lowest BCUT2D eigenvalue weighted by molar-refractivity contribution is -0.148. The van der Waals surface area contributed by atoms with Crippen LogP contribution in [-0.2, 0) is 4.79 Å². The van der Waals surface area contributed by atoms with Gasteiger partial charge < -0.3 is 14.9 Å². The lowest BCUT2D eigenvalue weighted by Crippen LogP contribution is -2.30. The third-order valence-corrected chi connectivity index (χ3v) is 3.08. The number of hydrogen-bond donors (Lipinski definition) is 2. The van der Waals surface area contributed by atoms with Gasteiger partial charge in [0.1, 0.15) is 12.4 Å². The Hall–Kier alpha value is -1.07. The van der Waals surface area contributed by atoms with Gasteiger partial charge in [-0.15, -0.1) is 0 Å². The molecule has 1 aromatic carbocycles. The van der Waals surface area contributed by atoms with Gasteiger partial charge in [-0.2, -0.15) is 0 Å². The van der Waals surface area contributed by atoms with Gasteiger partial charge in [-0.3, -0.25) is 4.79 Å². The molecule has 0 unspecified atom stereocenters. The third kappa shape index (κ3) is 3.71. The van der Waals surface area contributed by atoms with E-state index in [1.165, 1.54) is 0 Å². The third-order valence-electron chi connectivity index (χ3n) is 2.59. The van der Waals surface area contributed by atoms with Crippen molar-refractivity contribution in [3.8, 4) is 5.75 Å². The first-order valence-corrected chi connectivity index (χ1v) is 6.37. The molecule has 0 aliphatic heterocycles. The van der Waals surface area contributed by atoms with Crippen LogP contribution in [0.1, 0.15) is 32.4 Å². The fraction of sp³-hybridized carbons (Fsp3) is 0.462. The molecule has 1 rings (SSSR count). The highest BCUT2D eigenvalue weighted by Crippen LogP contribution is 2.29. The van der Waals surface area contributed by atoms with E-state index in [0.717, 1.165) is 4.47 Å². The van der Waals surface area contributed by atoms with Gasteiger partial charge in [-0.1, -0.05) is 15.9 Å². The van der Waals surface area contributed by atoms with Crippen LogP contribution in [0.4, 0.5) is 0 Å². The lowest BCUT2D eigenvalue weighted by atomic mass is 9.95. The second-order valence-electron chi connectivity index (χ2n) is 4.84. The smallest absolute Gasteiger partial charge is 0.312 e. The van der Waals surface area contributed by atoms with Crippen molar-refractivity contribution in [2.24, 2.45) is 5.41 Å². The Labute approximate surface area is 115 Å². The van der Waals surface area contributed by atoms with Crippen LogP contribution in [-0.4, -0.2) is 22.8 Å². The predicted octanol–water partition coefficient (Wildman–Crippen LogP) is 2.99. The Balaban J connectivity index is 2.88. The monoisotopic (exact) mass is 316 g/mol. The summed E-state index contributed by atoms with van der Waals surface area (Å²) in [5.41, 5.74) is -0.339. The van der Waals surface area contributed by atoms with Crippen LogP contribution < -0.4 is 4.74 Å². The molecule has 1 aromatic rings. The van der Waals surface area contributed by atoms with Crippen LogP contribution in [0.2, 0.25) is 0 Å². The highest BCUT2D eigenvalue weighted by atomic mass is 79.9. The average molecular weight is 317 g/mol. The number of carboxylic acids is 1. The maximum atomic E-state index is 11.0. The van der Waals surface area contributed by atoms with Crippen molar-refractivity contribution < 1.29 is 19.7 Å². The number of aliphatic carboxylic acids is 1. The minimum atomic E-state index is -0.969. The molecule has 0 aliphatic rings. The van der Waals surface area contributed by atoms with Crippen molar-refractivity contribution in [2.45, 2.75) is 26.9 Å². The quantitative estimate of drug-likeness (QED) is 0.876. The van der Waals surface area contributed by atoms with E-state index < -0.39 is 17.5 Å². The number of carboxylic acid groups (broad SMARTS) is 1. The Morgan fingerprint density at radius 1 is 1.50 bits per heavy atom. The zero-order valence-corrected chi connectivity index (χ0v) is 12.2. The van der Waals surface area contributed by atoms with Crippen LogP contribution >= 0.6 is 15.9 Å². The molecular weight excluding hydrogens is 300 g/mol. The van der Waals surface area contributed by atoms with Gasteiger partial charge in [-0.05, 0) is 39.0 Å². The van der Waals surface area contributed by atoms with Gasteiger partial charge in [-0.25, -0.2) is 0 Å². The van der Waals surface area contributed by atoms with E-state index >= 15 is 0 Å². The molecule has 100 valence electrons. The van der Waals surface area contributed by atoms with Crippen LogP contribution in [0.3, 0.4) is 0 Å². The van der Waals surface area contributed by atoms with E-state index in [-0.39, 0.29) is 6.61 Å². The lowest BCUT2D eigenvalue weighted by Gasteiger charge is -2.21. The molecule has 2 N–H and O–H groups in total. The summed E-state index contributed by atoms with van der Waals surface area (Å²) in [6, 6.07) is 5.26. The zero-order valence-electron chi connectivity index (χ0n) is 10.6. The Bertz CT molecular complexity index is 441. The average Bonchev–Trinajstić information content (AvgIpc) is 2.27. The molecule has 1 atom stereocenters. The largest absolute Gasteiger partial charge is 0.492 e. The van der Waals surface area contributed by atoms with E-state index in [4.69, 9.17) is 9.84 Å². The van der Waals surface area contributed by atoms with E-state index in [1.807, 2.05) is 0 Å². The summed E-state index contributed by atoms with van der Waals surface area (Å²) >= 11 is 3.32. The SMILES string of the molecule is C[C@H](O)c1cc(Br)ccc1OCC(C)(C)C(=O)O. The number of ether oxygens (including phenoxy) is 1. The second-order valence-corrected chi connectivity index (χ2v) is 5.75.